The molecule has 3 rings (SSSR count). The summed E-state index contributed by atoms with van der Waals surface area (Å²) in [6, 6.07) is 0.383. The second-order valence-corrected chi connectivity index (χ2v) is 6.94. The van der Waals surface area contributed by atoms with Gasteiger partial charge < -0.3 is 15.3 Å². The Hall–Kier alpha value is -0.320. The highest BCUT2D eigenvalue weighted by Crippen LogP contribution is 2.33. The van der Waals surface area contributed by atoms with Crippen molar-refractivity contribution in [3.05, 3.63) is 0 Å². The Morgan fingerprint density at radius 2 is 1.81 bits per heavy atom. The van der Waals surface area contributed by atoms with E-state index in [2.05, 4.69) is 10.2 Å². The first-order chi connectivity index (χ1) is 9.74. The molecular weight excluding hydrogens is 288 g/mol. The molecule has 2 saturated carbocycles. The fraction of sp³-hybridized carbons (Fsp3) is 0.938. The van der Waals surface area contributed by atoms with Gasteiger partial charge in [0.1, 0.15) is 0 Å². The van der Waals surface area contributed by atoms with Gasteiger partial charge in [-0.3, -0.25) is 4.79 Å². The SMILES string of the molecule is Cl.O=C(C1CCCNC1)N(CC1CC1)C1CCC(O)CC1. The lowest BCUT2D eigenvalue weighted by molar-refractivity contribution is -0.140. The van der Waals surface area contributed by atoms with Gasteiger partial charge in [0, 0.05) is 19.1 Å². The van der Waals surface area contributed by atoms with Crippen molar-refractivity contribution in [3.8, 4) is 0 Å². The zero-order valence-corrected chi connectivity index (χ0v) is 13.6. The van der Waals surface area contributed by atoms with Gasteiger partial charge in [0.05, 0.1) is 12.0 Å². The summed E-state index contributed by atoms with van der Waals surface area (Å²) >= 11 is 0. The van der Waals surface area contributed by atoms with Crippen LogP contribution in [0, 0.1) is 11.8 Å². The first-order valence-corrected chi connectivity index (χ1v) is 8.43. The fourth-order valence-corrected chi connectivity index (χ4v) is 3.66. The van der Waals surface area contributed by atoms with Crippen molar-refractivity contribution in [2.45, 2.75) is 63.5 Å². The van der Waals surface area contributed by atoms with Gasteiger partial charge in [0.2, 0.25) is 5.91 Å². The van der Waals surface area contributed by atoms with Crippen LogP contribution in [0.4, 0.5) is 0 Å². The van der Waals surface area contributed by atoms with Crippen LogP contribution < -0.4 is 5.32 Å². The molecule has 1 saturated heterocycles. The maximum absolute atomic E-state index is 12.9. The largest absolute Gasteiger partial charge is 0.393 e. The second-order valence-electron chi connectivity index (χ2n) is 6.94. The third-order valence-corrected chi connectivity index (χ3v) is 5.19. The van der Waals surface area contributed by atoms with Crippen molar-refractivity contribution >= 4 is 18.3 Å². The zero-order valence-electron chi connectivity index (χ0n) is 12.8. The van der Waals surface area contributed by atoms with Crippen molar-refractivity contribution in [1.29, 1.82) is 0 Å². The Morgan fingerprint density at radius 3 is 2.38 bits per heavy atom. The van der Waals surface area contributed by atoms with E-state index in [-0.39, 0.29) is 24.4 Å². The Morgan fingerprint density at radius 1 is 1.10 bits per heavy atom. The summed E-state index contributed by atoms with van der Waals surface area (Å²) in [5.74, 6) is 1.32. The van der Waals surface area contributed by atoms with E-state index >= 15 is 0 Å². The van der Waals surface area contributed by atoms with Crippen LogP contribution in [0.15, 0.2) is 0 Å². The van der Waals surface area contributed by atoms with Crippen molar-refractivity contribution in [2.24, 2.45) is 11.8 Å². The van der Waals surface area contributed by atoms with Gasteiger partial charge >= 0.3 is 0 Å². The predicted octanol–water partition coefficient (Wildman–Crippen LogP) is 1.95. The Kier molecular flexibility index (Phi) is 6.33. The van der Waals surface area contributed by atoms with E-state index in [9.17, 15) is 9.90 Å². The first-order valence-electron chi connectivity index (χ1n) is 8.43. The number of carbonyl (C=O) groups excluding carboxylic acids is 1. The number of aliphatic hydroxyl groups excluding tert-OH is 1. The number of amides is 1. The van der Waals surface area contributed by atoms with Gasteiger partial charge in [-0.1, -0.05) is 0 Å². The molecule has 4 nitrogen and oxygen atoms in total. The quantitative estimate of drug-likeness (QED) is 0.833. The van der Waals surface area contributed by atoms with Gasteiger partial charge in [-0.25, -0.2) is 0 Å². The molecule has 0 spiro atoms. The van der Waals surface area contributed by atoms with Crippen molar-refractivity contribution in [3.63, 3.8) is 0 Å². The third kappa shape index (κ3) is 4.57. The van der Waals surface area contributed by atoms with Crippen LogP contribution in [0.5, 0.6) is 0 Å². The van der Waals surface area contributed by atoms with E-state index in [0.717, 1.165) is 64.1 Å². The highest BCUT2D eigenvalue weighted by Gasteiger charge is 2.36. The lowest BCUT2D eigenvalue weighted by Crippen LogP contribution is -2.49. The van der Waals surface area contributed by atoms with Crippen LogP contribution in [0.1, 0.15) is 51.4 Å². The summed E-state index contributed by atoms with van der Waals surface area (Å²) in [5, 5.41) is 13.0. The van der Waals surface area contributed by atoms with Crippen LogP contribution in [-0.4, -0.2) is 47.7 Å². The maximum atomic E-state index is 12.9. The average molecular weight is 317 g/mol. The summed E-state index contributed by atoms with van der Waals surface area (Å²) in [6.07, 6.45) is 8.31. The lowest BCUT2D eigenvalue weighted by Gasteiger charge is -2.38. The fourth-order valence-electron chi connectivity index (χ4n) is 3.66. The van der Waals surface area contributed by atoms with E-state index < -0.39 is 0 Å². The molecular formula is C16H29ClN2O2. The number of carbonyl (C=O) groups is 1. The molecule has 1 heterocycles. The molecule has 2 N–H and O–H groups in total. The topological polar surface area (TPSA) is 52.6 Å². The van der Waals surface area contributed by atoms with Crippen LogP contribution in [0.2, 0.25) is 0 Å². The Bertz CT molecular complexity index is 335. The van der Waals surface area contributed by atoms with E-state index in [1.165, 1.54) is 12.8 Å². The van der Waals surface area contributed by atoms with Crippen molar-refractivity contribution in [1.82, 2.24) is 10.2 Å². The minimum atomic E-state index is -0.138. The van der Waals surface area contributed by atoms with Gasteiger partial charge in [0.25, 0.3) is 0 Å². The summed E-state index contributed by atoms with van der Waals surface area (Å²) in [5.41, 5.74) is 0. The number of rotatable bonds is 4. The van der Waals surface area contributed by atoms with Crippen LogP contribution >= 0.6 is 12.4 Å². The molecule has 0 aromatic rings. The number of nitrogens with zero attached hydrogens (tertiary/aromatic N) is 1. The minimum Gasteiger partial charge on any atom is -0.393 e. The normalized spacial score (nSPS) is 33.1. The summed E-state index contributed by atoms with van der Waals surface area (Å²) in [7, 11) is 0. The van der Waals surface area contributed by atoms with E-state index in [1.807, 2.05) is 0 Å². The number of piperidine rings is 1. The standard InChI is InChI=1S/C16H28N2O2.ClH/c19-15-7-5-14(6-8-15)18(11-12-3-4-12)16(20)13-2-1-9-17-10-13;/h12-15,17,19H,1-11H2;1H. The van der Waals surface area contributed by atoms with Gasteiger partial charge in [-0.2, -0.15) is 0 Å². The smallest absolute Gasteiger partial charge is 0.227 e. The second kappa shape index (κ2) is 7.80. The number of hydrogen-bond donors (Lipinski definition) is 2. The first kappa shape index (κ1) is 17.0. The molecule has 0 radical (unpaired) electrons. The number of halogens is 1. The number of hydrogen-bond acceptors (Lipinski definition) is 3. The van der Waals surface area contributed by atoms with Crippen molar-refractivity contribution in [2.75, 3.05) is 19.6 Å². The molecule has 0 aromatic heterocycles. The van der Waals surface area contributed by atoms with Crippen LogP contribution in [0.3, 0.4) is 0 Å². The molecule has 1 amide bonds. The highest BCUT2D eigenvalue weighted by atomic mass is 35.5. The molecule has 1 aliphatic heterocycles. The molecule has 2 aliphatic carbocycles. The summed E-state index contributed by atoms with van der Waals surface area (Å²) in [6.45, 7) is 2.88. The van der Waals surface area contributed by atoms with E-state index in [4.69, 9.17) is 0 Å². The van der Waals surface area contributed by atoms with E-state index in [0.29, 0.717) is 11.9 Å². The molecule has 3 aliphatic rings. The number of nitrogens with one attached hydrogen (secondary N) is 1. The lowest BCUT2D eigenvalue weighted by atomic mass is 9.90. The molecule has 0 bridgehead atoms. The van der Waals surface area contributed by atoms with Crippen LogP contribution in [-0.2, 0) is 4.79 Å². The summed E-state index contributed by atoms with van der Waals surface area (Å²) < 4.78 is 0. The highest BCUT2D eigenvalue weighted by molar-refractivity contribution is 5.85. The Labute approximate surface area is 134 Å². The molecule has 21 heavy (non-hydrogen) atoms. The Balaban J connectivity index is 0.00000161. The minimum absolute atomic E-state index is 0. The van der Waals surface area contributed by atoms with Crippen LogP contribution in [0.25, 0.3) is 0 Å². The zero-order chi connectivity index (χ0) is 13.9. The summed E-state index contributed by atoms with van der Waals surface area (Å²) in [4.78, 5) is 15.1. The molecule has 1 unspecified atom stereocenters. The average Bonchev–Trinajstić information content (AvgIpc) is 3.30. The molecule has 3 fully saturated rings. The predicted molar refractivity (Wildman–Crippen MR) is 85.5 cm³/mol. The number of aliphatic hydroxyl groups is 1. The molecule has 122 valence electrons. The molecule has 5 heteroatoms. The molecule has 0 aromatic carbocycles. The third-order valence-electron chi connectivity index (χ3n) is 5.19. The van der Waals surface area contributed by atoms with E-state index in [1.54, 1.807) is 0 Å². The maximum Gasteiger partial charge on any atom is 0.227 e. The monoisotopic (exact) mass is 316 g/mol. The van der Waals surface area contributed by atoms with Gasteiger partial charge in [-0.05, 0) is 63.8 Å². The van der Waals surface area contributed by atoms with Crippen molar-refractivity contribution < 1.29 is 9.90 Å². The van der Waals surface area contributed by atoms with Gasteiger partial charge in [0.15, 0.2) is 0 Å². The van der Waals surface area contributed by atoms with Gasteiger partial charge in [-0.15, -0.1) is 12.4 Å². The molecule has 1 atom stereocenters.